The molecule has 0 radical (unpaired) electrons. The number of hydrogen-bond donors (Lipinski definition) is 1. The normalized spacial score (nSPS) is 15.1. The standard InChI is InChI=1S/C22H24BrN3O/c23-17-11-9-16(10-12-17)22-19(26-15-5-4-8-20(26)25-22)13-14-21(27)24-18-6-2-1-3-7-18/h4-5,8-12,15,18H,1-3,6-7,13-14H2,(H,24,27). The van der Waals surface area contributed by atoms with Crippen LogP contribution in [0.25, 0.3) is 16.9 Å². The number of aromatic nitrogens is 2. The second-order valence-electron chi connectivity index (χ2n) is 7.25. The number of fused-ring (bicyclic) bond motifs is 1. The molecule has 0 spiro atoms. The van der Waals surface area contributed by atoms with Gasteiger partial charge in [0.15, 0.2) is 0 Å². The minimum Gasteiger partial charge on any atom is -0.353 e. The van der Waals surface area contributed by atoms with Crippen LogP contribution in [0.1, 0.15) is 44.2 Å². The summed E-state index contributed by atoms with van der Waals surface area (Å²) in [5.41, 5.74) is 4.04. The Kier molecular flexibility index (Phi) is 5.58. The van der Waals surface area contributed by atoms with Gasteiger partial charge in [-0.1, -0.05) is 53.4 Å². The van der Waals surface area contributed by atoms with E-state index >= 15 is 0 Å². The van der Waals surface area contributed by atoms with Gasteiger partial charge < -0.3 is 9.72 Å². The molecule has 0 aliphatic heterocycles. The van der Waals surface area contributed by atoms with Gasteiger partial charge in [-0.25, -0.2) is 4.98 Å². The van der Waals surface area contributed by atoms with Gasteiger partial charge in [-0.15, -0.1) is 0 Å². The maximum atomic E-state index is 12.5. The molecular weight excluding hydrogens is 402 g/mol. The molecule has 4 nitrogen and oxygen atoms in total. The van der Waals surface area contributed by atoms with Crippen molar-refractivity contribution in [3.05, 3.63) is 58.8 Å². The van der Waals surface area contributed by atoms with E-state index in [0.717, 1.165) is 39.9 Å². The number of imidazole rings is 1. The van der Waals surface area contributed by atoms with E-state index in [0.29, 0.717) is 18.9 Å². The van der Waals surface area contributed by atoms with E-state index in [2.05, 4.69) is 37.8 Å². The van der Waals surface area contributed by atoms with Gasteiger partial charge in [-0.2, -0.15) is 0 Å². The van der Waals surface area contributed by atoms with Gasteiger partial charge in [0.25, 0.3) is 0 Å². The largest absolute Gasteiger partial charge is 0.353 e. The molecule has 1 N–H and O–H groups in total. The molecule has 0 unspecified atom stereocenters. The fourth-order valence-electron chi connectivity index (χ4n) is 3.90. The quantitative estimate of drug-likeness (QED) is 0.614. The number of benzene rings is 1. The summed E-state index contributed by atoms with van der Waals surface area (Å²) in [6, 6.07) is 14.6. The highest BCUT2D eigenvalue weighted by Crippen LogP contribution is 2.27. The van der Waals surface area contributed by atoms with Crippen molar-refractivity contribution in [1.82, 2.24) is 14.7 Å². The summed E-state index contributed by atoms with van der Waals surface area (Å²) in [6.07, 6.45) is 9.18. The van der Waals surface area contributed by atoms with Crippen molar-refractivity contribution in [1.29, 1.82) is 0 Å². The molecule has 1 aliphatic rings. The molecule has 140 valence electrons. The lowest BCUT2D eigenvalue weighted by atomic mass is 9.95. The Hall–Kier alpha value is -2.14. The first-order valence-electron chi connectivity index (χ1n) is 9.72. The number of nitrogens with zero attached hydrogens (tertiary/aromatic N) is 2. The van der Waals surface area contributed by atoms with Crippen LogP contribution in [-0.4, -0.2) is 21.3 Å². The third-order valence-electron chi connectivity index (χ3n) is 5.31. The van der Waals surface area contributed by atoms with E-state index in [-0.39, 0.29) is 5.91 Å². The highest BCUT2D eigenvalue weighted by Gasteiger charge is 2.18. The van der Waals surface area contributed by atoms with Gasteiger partial charge in [0, 0.05) is 28.7 Å². The number of aryl methyl sites for hydroxylation is 1. The Morgan fingerprint density at radius 3 is 2.67 bits per heavy atom. The molecule has 0 bridgehead atoms. The second kappa shape index (κ2) is 8.26. The molecule has 2 aromatic heterocycles. The predicted octanol–water partition coefficient (Wildman–Crippen LogP) is 5.15. The van der Waals surface area contributed by atoms with Gasteiger partial charge in [0.05, 0.1) is 11.4 Å². The van der Waals surface area contributed by atoms with Crippen LogP contribution in [0.2, 0.25) is 0 Å². The van der Waals surface area contributed by atoms with Crippen molar-refractivity contribution in [3.63, 3.8) is 0 Å². The zero-order valence-electron chi connectivity index (χ0n) is 15.3. The Bertz CT molecular complexity index is 926. The average molecular weight is 426 g/mol. The summed E-state index contributed by atoms with van der Waals surface area (Å²) < 4.78 is 3.15. The van der Waals surface area contributed by atoms with Crippen molar-refractivity contribution in [3.8, 4) is 11.3 Å². The lowest BCUT2D eigenvalue weighted by molar-refractivity contribution is -0.122. The number of halogens is 1. The molecule has 0 saturated heterocycles. The molecule has 0 atom stereocenters. The van der Waals surface area contributed by atoms with Gasteiger partial charge in [-0.05, 0) is 43.5 Å². The summed E-state index contributed by atoms with van der Waals surface area (Å²) in [5, 5.41) is 3.22. The first kappa shape index (κ1) is 18.2. The highest BCUT2D eigenvalue weighted by atomic mass is 79.9. The average Bonchev–Trinajstić information content (AvgIpc) is 3.06. The maximum Gasteiger partial charge on any atom is 0.220 e. The zero-order valence-corrected chi connectivity index (χ0v) is 16.9. The van der Waals surface area contributed by atoms with Crippen molar-refractivity contribution in [2.75, 3.05) is 0 Å². The smallest absolute Gasteiger partial charge is 0.220 e. The third kappa shape index (κ3) is 4.24. The van der Waals surface area contributed by atoms with Gasteiger partial charge in [0.1, 0.15) is 5.65 Å². The van der Waals surface area contributed by atoms with Crippen molar-refractivity contribution >= 4 is 27.5 Å². The van der Waals surface area contributed by atoms with Crippen LogP contribution in [0.3, 0.4) is 0 Å². The number of rotatable bonds is 5. The van der Waals surface area contributed by atoms with E-state index in [1.54, 1.807) is 0 Å². The molecule has 2 heterocycles. The van der Waals surface area contributed by atoms with Crippen LogP contribution in [0.4, 0.5) is 0 Å². The number of amides is 1. The number of carbonyl (C=O) groups excluding carboxylic acids is 1. The van der Waals surface area contributed by atoms with Crippen LogP contribution >= 0.6 is 15.9 Å². The Morgan fingerprint density at radius 2 is 1.89 bits per heavy atom. The summed E-state index contributed by atoms with van der Waals surface area (Å²) in [7, 11) is 0. The summed E-state index contributed by atoms with van der Waals surface area (Å²) >= 11 is 3.49. The lowest BCUT2D eigenvalue weighted by Gasteiger charge is -2.22. The molecule has 3 aromatic rings. The fraction of sp³-hybridized carbons (Fsp3) is 0.364. The molecule has 27 heavy (non-hydrogen) atoms. The second-order valence-corrected chi connectivity index (χ2v) is 8.16. The SMILES string of the molecule is O=C(CCc1c(-c2ccc(Br)cc2)nc2ccccn12)NC1CCCCC1. The van der Waals surface area contributed by atoms with Crippen LogP contribution in [0.5, 0.6) is 0 Å². The van der Waals surface area contributed by atoms with Gasteiger partial charge in [-0.3, -0.25) is 4.79 Å². The molecule has 4 rings (SSSR count). The van der Waals surface area contributed by atoms with E-state index < -0.39 is 0 Å². The fourth-order valence-corrected chi connectivity index (χ4v) is 4.17. The van der Waals surface area contributed by atoms with Crippen LogP contribution in [-0.2, 0) is 11.2 Å². The van der Waals surface area contributed by atoms with Crippen molar-refractivity contribution < 1.29 is 4.79 Å². The Balaban J connectivity index is 1.55. The number of carbonyl (C=O) groups is 1. The molecule has 1 saturated carbocycles. The van der Waals surface area contributed by atoms with Crippen LogP contribution in [0, 0.1) is 0 Å². The van der Waals surface area contributed by atoms with Gasteiger partial charge in [0.2, 0.25) is 5.91 Å². The number of nitrogens with one attached hydrogen (secondary N) is 1. The molecule has 1 fully saturated rings. The first-order valence-corrected chi connectivity index (χ1v) is 10.5. The Labute approximate surface area is 168 Å². The monoisotopic (exact) mass is 425 g/mol. The molecular formula is C22H24BrN3O. The summed E-state index contributed by atoms with van der Waals surface area (Å²) in [4.78, 5) is 17.3. The van der Waals surface area contributed by atoms with E-state index in [1.165, 1.54) is 19.3 Å². The molecule has 1 aromatic carbocycles. The zero-order chi connectivity index (χ0) is 18.6. The number of pyridine rings is 1. The van der Waals surface area contributed by atoms with Crippen LogP contribution in [0.15, 0.2) is 53.1 Å². The summed E-state index contributed by atoms with van der Waals surface area (Å²) in [5.74, 6) is 0.148. The van der Waals surface area contributed by atoms with Crippen molar-refractivity contribution in [2.24, 2.45) is 0 Å². The highest BCUT2D eigenvalue weighted by molar-refractivity contribution is 9.10. The minimum atomic E-state index is 0.148. The van der Waals surface area contributed by atoms with E-state index in [1.807, 2.05) is 36.5 Å². The summed E-state index contributed by atoms with van der Waals surface area (Å²) in [6.45, 7) is 0. The molecule has 1 aliphatic carbocycles. The van der Waals surface area contributed by atoms with Crippen LogP contribution < -0.4 is 5.32 Å². The topological polar surface area (TPSA) is 46.4 Å². The molecule has 5 heteroatoms. The number of hydrogen-bond acceptors (Lipinski definition) is 2. The van der Waals surface area contributed by atoms with Gasteiger partial charge >= 0.3 is 0 Å². The van der Waals surface area contributed by atoms with Crippen molar-refractivity contribution in [2.45, 2.75) is 51.0 Å². The maximum absolute atomic E-state index is 12.5. The minimum absolute atomic E-state index is 0.148. The Morgan fingerprint density at radius 1 is 1.11 bits per heavy atom. The lowest BCUT2D eigenvalue weighted by Crippen LogP contribution is -2.36. The third-order valence-corrected chi connectivity index (χ3v) is 5.83. The van der Waals surface area contributed by atoms with E-state index in [9.17, 15) is 4.79 Å². The molecule has 1 amide bonds. The van der Waals surface area contributed by atoms with E-state index in [4.69, 9.17) is 4.98 Å². The first-order chi connectivity index (χ1) is 13.2. The predicted molar refractivity (Wildman–Crippen MR) is 112 cm³/mol.